The smallest absolute Gasteiger partial charge is 0.287 e. The van der Waals surface area contributed by atoms with E-state index in [1.165, 1.54) is 0 Å². The second-order valence-electron chi connectivity index (χ2n) is 6.87. The number of H-pyrrole nitrogens is 1. The minimum atomic E-state index is -0.268. The van der Waals surface area contributed by atoms with Crippen molar-refractivity contribution in [2.75, 3.05) is 25.1 Å². The third kappa shape index (κ3) is 4.41. The number of hydrogen-bond donors (Lipinski definition) is 2. The van der Waals surface area contributed by atoms with Crippen LogP contribution in [0.25, 0.3) is 0 Å². The number of anilines is 1. The van der Waals surface area contributed by atoms with Crippen molar-refractivity contribution in [3.8, 4) is 0 Å². The van der Waals surface area contributed by atoms with E-state index in [9.17, 15) is 4.79 Å². The van der Waals surface area contributed by atoms with Gasteiger partial charge in [0.15, 0.2) is 11.0 Å². The summed E-state index contributed by atoms with van der Waals surface area (Å²) in [5.41, 5.74) is 0.761. The quantitative estimate of drug-likeness (QED) is 0.757. The molecule has 0 aromatic carbocycles. The lowest BCUT2D eigenvalue weighted by Gasteiger charge is -2.37. The zero-order chi connectivity index (χ0) is 19.6. The van der Waals surface area contributed by atoms with Gasteiger partial charge in [0.25, 0.3) is 5.91 Å². The van der Waals surface area contributed by atoms with E-state index in [-0.39, 0.29) is 23.9 Å². The van der Waals surface area contributed by atoms with Gasteiger partial charge in [0.05, 0.1) is 17.8 Å². The van der Waals surface area contributed by atoms with Crippen LogP contribution in [0.15, 0.2) is 0 Å². The number of methoxy groups -OCH3 is 1. The molecule has 0 aliphatic carbocycles. The molecule has 0 spiro atoms. The van der Waals surface area contributed by atoms with Crippen molar-refractivity contribution in [1.29, 1.82) is 0 Å². The van der Waals surface area contributed by atoms with Crippen LogP contribution in [0.2, 0.25) is 5.15 Å². The predicted molar refractivity (Wildman–Crippen MR) is 106 cm³/mol. The van der Waals surface area contributed by atoms with Crippen LogP contribution >= 0.6 is 22.9 Å². The highest BCUT2D eigenvalue weighted by atomic mass is 35.5. The molecule has 2 aromatic heterocycles. The molecule has 1 fully saturated rings. The average Bonchev–Trinajstić information content (AvgIpc) is 3.29. The van der Waals surface area contributed by atoms with Crippen molar-refractivity contribution in [2.45, 2.75) is 51.7 Å². The van der Waals surface area contributed by atoms with Crippen LogP contribution in [-0.4, -0.2) is 58.4 Å². The fourth-order valence-corrected chi connectivity index (χ4v) is 4.19. The van der Waals surface area contributed by atoms with Gasteiger partial charge in [0.1, 0.15) is 5.01 Å². The number of hydrogen-bond acceptors (Lipinski definition) is 7. The zero-order valence-electron chi connectivity index (χ0n) is 16.0. The van der Waals surface area contributed by atoms with Gasteiger partial charge < -0.3 is 19.9 Å². The molecule has 8 nitrogen and oxygen atoms in total. The molecule has 1 aliphatic rings. The van der Waals surface area contributed by atoms with Crippen molar-refractivity contribution in [3.63, 3.8) is 0 Å². The molecular weight excluding hydrogens is 388 g/mol. The molecule has 10 heteroatoms. The molecule has 2 aromatic rings. The van der Waals surface area contributed by atoms with E-state index in [0.29, 0.717) is 24.0 Å². The first-order chi connectivity index (χ1) is 12.9. The molecule has 1 amide bonds. The second-order valence-corrected chi connectivity index (χ2v) is 8.22. The number of aromatic amines is 1. The largest absolute Gasteiger partial charge is 0.377 e. The summed E-state index contributed by atoms with van der Waals surface area (Å²) in [5, 5.41) is 13.9. The fourth-order valence-electron chi connectivity index (χ4n) is 3.05. The molecule has 1 aliphatic heterocycles. The van der Waals surface area contributed by atoms with Gasteiger partial charge in [-0.15, -0.1) is 10.2 Å². The van der Waals surface area contributed by atoms with Crippen molar-refractivity contribution < 1.29 is 9.53 Å². The van der Waals surface area contributed by atoms with E-state index in [1.54, 1.807) is 18.4 Å². The number of halogens is 1. The van der Waals surface area contributed by atoms with E-state index in [4.69, 9.17) is 16.3 Å². The van der Waals surface area contributed by atoms with Gasteiger partial charge in [-0.05, 0) is 12.8 Å². The number of carbonyl (C=O) groups excluding carboxylic acids is 1. The highest BCUT2D eigenvalue weighted by molar-refractivity contribution is 7.15. The molecule has 3 heterocycles. The topological polar surface area (TPSA) is 96.0 Å². The average molecular weight is 413 g/mol. The standard InChI is InChI=1S/C17H25ClN6O2S/c1-5-10-13(18)21-14(19-10)15(25)20-11-6-7-24(8-12(11)26-4)17-23-22-16(27-17)9(2)3/h9,11-12H,5-8H2,1-4H3,(H,19,21)(H,20,25)/t11-,12+/m1/s1. The van der Waals surface area contributed by atoms with Crippen LogP contribution in [0.3, 0.4) is 0 Å². The Morgan fingerprint density at radius 2 is 2.26 bits per heavy atom. The van der Waals surface area contributed by atoms with Crippen LogP contribution in [0, 0.1) is 0 Å². The molecule has 1 saturated heterocycles. The molecule has 0 saturated carbocycles. The highest BCUT2D eigenvalue weighted by Gasteiger charge is 2.32. The van der Waals surface area contributed by atoms with Gasteiger partial charge >= 0.3 is 0 Å². The van der Waals surface area contributed by atoms with Crippen LogP contribution in [0.1, 0.15) is 54.4 Å². The molecule has 27 heavy (non-hydrogen) atoms. The van der Waals surface area contributed by atoms with E-state index >= 15 is 0 Å². The van der Waals surface area contributed by atoms with Gasteiger partial charge in [-0.2, -0.15) is 0 Å². The SMILES string of the molecule is CCc1[nH]c(C(=O)N[C@@H]2CCN(c3nnc(C(C)C)s3)C[C@@H]2OC)nc1Cl. The maximum Gasteiger partial charge on any atom is 0.287 e. The molecule has 0 bridgehead atoms. The Bertz CT molecular complexity index is 792. The minimum Gasteiger partial charge on any atom is -0.377 e. The number of nitrogens with one attached hydrogen (secondary N) is 2. The van der Waals surface area contributed by atoms with Gasteiger partial charge in [0.2, 0.25) is 5.13 Å². The van der Waals surface area contributed by atoms with Gasteiger partial charge in [-0.25, -0.2) is 4.98 Å². The molecule has 148 valence electrons. The van der Waals surface area contributed by atoms with Gasteiger partial charge in [0, 0.05) is 26.1 Å². The van der Waals surface area contributed by atoms with Gasteiger partial charge in [-0.3, -0.25) is 4.79 Å². The summed E-state index contributed by atoms with van der Waals surface area (Å²) < 4.78 is 5.64. The number of amides is 1. The van der Waals surface area contributed by atoms with Crippen molar-refractivity contribution in [1.82, 2.24) is 25.5 Å². The fraction of sp³-hybridized carbons (Fsp3) is 0.647. The first kappa shape index (κ1) is 20.0. The molecule has 2 atom stereocenters. The summed E-state index contributed by atoms with van der Waals surface area (Å²) in [6.45, 7) is 7.59. The van der Waals surface area contributed by atoms with E-state index < -0.39 is 0 Å². The predicted octanol–water partition coefficient (Wildman–Crippen LogP) is 2.62. The van der Waals surface area contributed by atoms with E-state index in [0.717, 1.165) is 28.8 Å². The number of aromatic nitrogens is 4. The second kappa shape index (κ2) is 8.53. The summed E-state index contributed by atoms with van der Waals surface area (Å²) in [6.07, 6.45) is 1.29. The maximum absolute atomic E-state index is 12.5. The lowest BCUT2D eigenvalue weighted by atomic mass is 10.0. The normalized spacial score (nSPS) is 20.3. The molecule has 0 unspecified atom stereocenters. The van der Waals surface area contributed by atoms with E-state index in [2.05, 4.69) is 44.2 Å². The lowest BCUT2D eigenvalue weighted by Crippen LogP contribution is -2.55. The number of carbonyl (C=O) groups is 1. The summed E-state index contributed by atoms with van der Waals surface area (Å²) in [6, 6.07) is -0.106. The Morgan fingerprint density at radius 3 is 2.85 bits per heavy atom. The van der Waals surface area contributed by atoms with Crippen LogP contribution < -0.4 is 10.2 Å². The Hall–Kier alpha value is -1.71. The third-order valence-electron chi connectivity index (χ3n) is 4.67. The van der Waals surface area contributed by atoms with E-state index in [1.807, 2.05) is 6.92 Å². The summed E-state index contributed by atoms with van der Waals surface area (Å²) in [4.78, 5) is 21.8. The first-order valence-electron chi connectivity index (χ1n) is 9.09. The number of imidazole rings is 1. The Labute approximate surface area is 167 Å². The summed E-state index contributed by atoms with van der Waals surface area (Å²) in [7, 11) is 1.66. The number of piperidine rings is 1. The van der Waals surface area contributed by atoms with Crippen LogP contribution in [0.5, 0.6) is 0 Å². The lowest BCUT2D eigenvalue weighted by molar-refractivity contribution is 0.0538. The molecular formula is C17H25ClN6O2S. The molecule has 0 radical (unpaired) electrons. The summed E-state index contributed by atoms with van der Waals surface area (Å²) >= 11 is 7.64. The maximum atomic E-state index is 12.5. The number of aryl methyl sites for hydroxylation is 1. The summed E-state index contributed by atoms with van der Waals surface area (Å²) in [5.74, 6) is 0.328. The zero-order valence-corrected chi connectivity index (χ0v) is 17.5. The van der Waals surface area contributed by atoms with Crippen LogP contribution in [0.4, 0.5) is 5.13 Å². The molecule has 2 N–H and O–H groups in total. The number of rotatable bonds is 6. The minimum absolute atomic E-state index is 0.106. The van der Waals surface area contributed by atoms with Crippen molar-refractivity contribution >= 4 is 34.0 Å². The Balaban J connectivity index is 1.64. The van der Waals surface area contributed by atoms with Gasteiger partial charge in [-0.1, -0.05) is 43.7 Å². The first-order valence-corrected chi connectivity index (χ1v) is 10.3. The monoisotopic (exact) mass is 412 g/mol. The highest BCUT2D eigenvalue weighted by Crippen LogP contribution is 2.28. The van der Waals surface area contributed by atoms with Crippen LogP contribution in [-0.2, 0) is 11.2 Å². The third-order valence-corrected chi connectivity index (χ3v) is 6.27. The Kier molecular flexibility index (Phi) is 6.33. The number of ether oxygens (including phenoxy) is 1. The Morgan fingerprint density at radius 1 is 1.48 bits per heavy atom. The molecule has 3 rings (SSSR count). The van der Waals surface area contributed by atoms with Crippen molar-refractivity contribution in [2.24, 2.45) is 0 Å². The number of nitrogens with zero attached hydrogens (tertiary/aromatic N) is 4. The van der Waals surface area contributed by atoms with Crippen molar-refractivity contribution in [3.05, 3.63) is 21.7 Å².